The number of aromatic nitrogens is 1. The van der Waals surface area contributed by atoms with E-state index < -0.39 is 5.41 Å². The first-order chi connectivity index (χ1) is 15.0. The molecule has 0 radical (unpaired) electrons. The minimum absolute atomic E-state index is 0.0615. The number of phenolic OH excluding ortho intramolecular Hbond substituents is 1. The summed E-state index contributed by atoms with van der Waals surface area (Å²) in [5.41, 5.74) is 14.0. The molecule has 4 heterocycles. The lowest BCUT2D eigenvalue weighted by Crippen LogP contribution is -2.68. The average Bonchev–Trinajstić information content (AvgIpc) is 3.07. The Kier molecular flexibility index (Phi) is 5.42. The third kappa shape index (κ3) is 3.33. The summed E-state index contributed by atoms with van der Waals surface area (Å²) in [4.78, 5) is 19.2. The Hall–Kier alpha value is -2.13. The molecule has 1 aliphatic carbocycles. The van der Waals surface area contributed by atoms with Gasteiger partial charge in [-0.3, -0.25) is 9.69 Å². The van der Waals surface area contributed by atoms with E-state index in [4.69, 9.17) is 20.9 Å². The number of ether oxygens (including phenoxy) is 2. The molecule has 8 heteroatoms. The molecule has 1 aromatic carbocycles. The molecular formula is C23H32N4O4. The number of piperidine rings is 2. The number of amides is 1. The number of primary amides is 1. The topological polar surface area (TPSA) is 127 Å². The lowest BCUT2D eigenvalue weighted by atomic mass is 9.56. The van der Waals surface area contributed by atoms with E-state index in [2.05, 4.69) is 9.88 Å². The van der Waals surface area contributed by atoms with Crippen LogP contribution in [0, 0.1) is 11.8 Å². The Labute approximate surface area is 181 Å². The molecule has 5 unspecified atom stereocenters. The van der Waals surface area contributed by atoms with Crippen molar-refractivity contribution in [1.82, 2.24) is 9.88 Å². The van der Waals surface area contributed by atoms with Gasteiger partial charge in [0, 0.05) is 48.9 Å². The first-order valence-electron chi connectivity index (χ1n) is 11.3. The molecule has 2 aromatic rings. The predicted molar refractivity (Wildman–Crippen MR) is 117 cm³/mol. The van der Waals surface area contributed by atoms with E-state index in [1.54, 1.807) is 12.1 Å². The Morgan fingerprint density at radius 3 is 2.97 bits per heavy atom. The van der Waals surface area contributed by atoms with Gasteiger partial charge in [-0.05, 0) is 61.3 Å². The number of phenols is 1. The molecule has 1 amide bonds. The minimum Gasteiger partial charge on any atom is -0.508 e. The highest BCUT2D eigenvalue weighted by Crippen LogP contribution is 2.54. The summed E-state index contributed by atoms with van der Waals surface area (Å²) in [6, 6.07) is 5.43. The Bertz CT molecular complexity index is 976. The van der Waals surface area contributed by atoms with Crippen LogP contribution in [-0.2, 0) is 26.1 Å². The zero-order chi connectivity index (χ0) is 21.6. The SMILES string of the molecule is NCCOCOCCC1CC2CN3CCc4c([nH]c5ccc(O)cc45)C(C(N)=O)(C2)C13. The molecule has 1 aromatic heterocycles. The van der Waals surface area contributed by atoms with Crippen LogP contribution in [0.25, 0.3) is 10.9 Å². The number of carbonyl (C=O) groups is 1. The van der Waals surface area contributed by atoms with E-state index >= 15 is 0 Å². The molecule has 3 aliphatic heterocycles. The third-order valence-corrected chi connectivity index (χ3v) is 7.57. The van der Waals surface area contributed by atoms with Crippen molar-refractivity contribution in [2.45, 2.75) is 37.1 Å². The molecule has 31 heavy (non-hydrogen) atoms. The summed E-state index contributed by atoms with van der Waals surface area (Å²) in [7, 11) is 0. The maximum Gasteiger partial charge on any atom is 0.231 e. The fourth-order valence-electron chi connectivity index (χ4n) is 6.56. The number of fused-ring (bicyclic) bond motifs is 4. The largest absolute Gasteiger partial charge is 0.508 e. The highest BCUT2D eigenvalue weighted by molar-refractivity contribution is 5.93. The van der Waals surface area contributed by atoms with E-state index in [1.807, 2.05) is 6.07 Å². The lowest BCUT2D eigenvalue weighted by molar-refractivity contribution is -0.139. The van der Waals surface area contributed by atoms with Gasteiger partial charge < -0.3 is 31.0 Å². The molecule has 3 fully saturated rings. The first kappa shape index (κ1) is 20.8. The van der Waals surface area contributed by atoms with Crippen molar-refractivity contribution < 1.29 is 19.4 Å². The van der Waals surface area contributed by atoms with Crippen LogP contribution in [0.2, 0.25) is 0 Å². The number of hydrogen-bond acceptors (Lipinski definition) is 6. The average molecular weight is 429 g/mol. The predicted octanol–water partition coefficient (Wildman–Crippen LogP) is 1.20. The molecule has 5 atom stereocenters. The fourth-order valence-corrected chi connectivity index (χ4v) is 6.56. The number of benzene rings is 1. The smallest absolute Gasteiger partial charge is 0.231 e. The molecular weight excluding hydrogens is 396 g/mol. The van der Waals surface area contributed by atoms with E-state index in [9.17, 15) is 9.90 Å². The third-order valence-electron chi connectivity index (χ3n) is 7.57. The molecule has 168 valence electrons. The summed E-state index contributed by atoms with van der Waals surface area (Å²) in [5, 5.41) is 11.1. The van der Waals surface area contributed by atoms with Crippen LogP contribution >= 0.6 is 0 Å². The van der Waals surface area contributed by atoms with Crippen molar-refractivity contribution in [2.24, 2.45) is 23.3 Å². The van der Waals surface area contributed by atoms with Crippen molar-refractivity contribution >= 4 is 16.8 Å². The monoisotopic (exact) mass is 428 g/mol. The first-order valence-corrected chi connectivity index (χ1v) is 11.3. The second kappa shape index (κ2) is 8.09. The zero-order valence-corrected chi connectivity index (χ0v) is 17.8. The molecule has 6 N–H and O–H groups in total. The summed E-state index contributed by atoms with van der Waals surface area (Å²) < 4.78 is 11.0. The Balaban J connectivity index is 1.49. The van der Waals surface area contributed by atoms with Gasteiger partial charge in [-0.25, -0.2) is 0 Å². The zero-order valence-electron chi connectivity index (χ0n) is 17.8. The maximum atomic E-state index is 13.2. The van der Waals surface area contributed by atoms with E-state index in [1.165, 1.54) is 0 Å². The van der Waals surface area contributed by atoms with E-state index in [0.29, 0.717) is 31.6 Å². The van der Waals surface area contributed by atoms with Crippen molar-refractivity contribution in [1.29, 1.82) is 0 Å². The van der Waals surface area contributed by atoms with E-state index in [0.717, 1.165) is 60.9 Å². The van der Waals surface area contributed by atoms with Gasteiger partial charge >= 0.3 is 0 Å². The number of aromatic amines is 1. The van der Waals surface area contributed by atoms with Gasteiger partial charge in [0.15, 0.2) is 0 Å². The quantitative estimate of drug-likeness (QED) is 0.370. The molecule has 2 saturated heterocycles. The number of hydrogen-bond donors (Lipinski definition) is 4. The molecule has 1 saturated carbocycles. The van der Waals surface area contributed by atoms with Crippen LogP contribution in [0.3, 0.4) is 0 Å². The van der Waals surface area contributed by atoms with Crippen LogP contribution in [-0.4, -0.2) is 66.6 Å². The summed E-state index contributed by atoms with van der Waals surface area (Å²) in [6.07, 6.45) is 3.59. The van der Waals surface area contributed by atoms with Gasteiger partial charge in [0.25, 0.3) is 0 Å². The van der Waals surface area contributed by atoms with Crippen molar-refractivity contribution in [2.75, 3.05) is 39.6 Å². The van der Waals surface area contributed by atoms with Crippen LogP contribution in [0.5, 0.6) is 5.75 Å². The summed E-state index contributed by atoms with van der Waals surface area (Å²) in [6.45, 7) is 3.72. The second-order valence-corrected chi connectivity index (χ2v) is 9.31. The number of aromatic hydroxyl groups is 1. The number of H-pyrrole nitrogens is 1. The molecule has 6 rings (SSSR count). The van der Waals surface area contributed by atoms with E-state index in [-0.39, 0.29) is 24.5 Å². The van der Waals surface area contributed by atoms with Crippen molar-refractivity contribution in [3.8, 4) is 5.75 Å². The van der Waals surface area contributed by atoms with Crippen LogP contribution in [0.15, 0.2) is 18.2 Å². The van der Waals surface area contributed by atoms with Gasteiger partial charge in [0.2, 0.25) is 5.91 Å². The molecule has 8 nitrogen and oxygen atoms in total. The second-order valence-electron chi connectivity index (χ2n) is 9.31. The maximum absolute atomic E-state index is 13.2. The van der Waals surface area contributed by atoms with Gasteiger partial charge in [0.1, 0.15) is 18.0 Å². The molecule has 4 bridgehead atoms. The van der Waals surface area contributed by atoms with Gasteiger partial charge in [0.05, 0.1) is 6.61 Å². The number of carbonyl (C=O) groups excluding carboxylic acids is 1. The normalized spacial score (nSPS) is 31.5. The minimum atomic E-state index is -0.734. The summed E-state index contributed by atoms with van der Waals surface area (Å²) >= 11 is 0. The number of nitrogens with zero attached hydrogens (tertiary/aromatic N) is 1. The number of nitrogens with two attached hydrogens (primary N) is 2. The Morgan fingerprint density at radius 2 is 2.16 bits per heavy atom. The van der Waals surface area contributed by atoms with Crippen LogP contribution in [0.4, 0.5) is 0 Å². The van der Waals surface area contributed by atoms with Gasteiger partial charge in [-0.2, -0.15) is 0 Å². The highest BCUT2D eigenvalue weighted by atomic mass is 16.7. The fraction of sp³-hybridized carbons (Fsp3) is 0.609. The number of rotatable bonds is 8. The highest BCUT2D eigenvalue weighted by Gasteiger charge is 2.61. The van der Waals surface area contributed by atoms with Crippen LogP contribution in [0.1, 0.15) is 30.5 Å². The van der Waals surface area contributed by atoms with Crippen molar-refractivity contribution in [3.05, 3.63) is 29.5 Å². The summed E-state index contributed by atoms with van der Waals surface area (Å²) in [5.74, 6) is 0.758. The number of nitrogens with one attached hydrogen (secondary N) is 1. The van der Waals surface area contributed by atoms with Crippen molar-refractivity contribution in [3.63, 3.8) is 0 Å². The lowest BCUT2D eigenvalue weighted by Gasteiger charge is -2.58. The van der Waals surface area contributed by atoms with Gasteiger partial charge in [-0.15, -0.1) is 0 Å². The van der Waals surface area contributed by atoms with Gasteiger partial charge in [-0.1, -0.05) is 0 Å². The van der Waals surface area contributed by atoms with Crippen LogP contribution < -0.4 is 11.5 Å². The molecule has 0 spiro atoms. The standard InChI is InChI=1S/C23H32N4O4/c24-5-8-31-13-30-7-4-15-9-14-11-23(22(25)29)20-17(3-6-27(12-14)21(15)23)18-10-16(28)1-2-19(18)26-20/h1-2,10,14-15,21,26,28H,3-9,11-13,24H2,(H2,25,29). The molecule has 4 aliphatic rings. The Morgan fingerprint density at radius 1 is 1.32 bits per heavy atom.